The van der Waals surface area contributed by atoms with E-state index in [9.17, 15) is 28.8 Å². The van der Waals surface area contributed by atoms with Crippen LogP contribution in [-0.4, -0.2) is 77.9 Å². The van der Waals surface area contributed by atoms with Crippen molar-refractivity contribution in [2.24, 2.45) is 5.92 Å². The highest BCUT2D eigenvalue weighted by Crippen LogP contribution is 2.47. The predicted octanol–water partition coefficient (Wildman–Crippen LogP) is 19.3. The Hall–Kier alpha value is -7.66. The zero-order chi connectivity index (χ0) is 63.7. The zero-order valence-corrected chi connectivity index (χ0v) is 54.6. The Bertz CT molecular complexity index is 3180. The number of benzene rings is 6. The summed E-state index contributed by atoms with van der Waals surface area (Å²) in [6.45, 7) is 3.04. The summed E-state index contributed by atoms with van der Waals surface area (Å²) in [4.78, 5) is 79.2. The Morgan fingerprint density at radius 3 is 1.03 bits per heavy atom. The summed E-state index contributed by atoms with van der Waals surface area (Å²) in [7, 11) is 0. The fourth-order valence-electron chi connectivity index (χ4n) is 14.4. The van der Waals surface area contributed by atoms with Gasteiger partial charge in [0.1, 0.15) is 17.2 Å². The molecule has 0 bridgehead atoms. The minimum atomic E-state index is -0.474. The van der Waals surface area contributed by atoms with E-state index in [1.54, 1.807) is 36.4 Å². The summed E-state index contributed by atoms with van der Waals surface area (Å²) >= 11 is 0. The molecule has 0 saturated heterocycles. The third-order valence-corrected chi connectivity index (χ3v) is 19.6. The molecule has 0 radical (unpaired) electrons. The largest absolute Gasteiger partial charge is 0.494 e. The molecular formula is C81H98N2O9. The number of imide groups is 2. The van der Waals surface area contributed by atoms with Gasteiger partial charge >= 0.3 is 0 Å². The number of carbonyl (C=O) groups excluding carboxylic acids is 6. The minimum Gasteiger partial charge on any atom is -0.494 e. The van der Waals surface area contributed by atoms with E-state index < -0.39 is 5.92 Å². The Morgan fingerprint density at radius 1 is 0.315 bits per heavy atom. The summed E-state index contributed by atoms with van der Waals surface area (Å²) in [5.41, 5.74) is 9.55. The molecule has 2 aliphatic carbocycles. The molecule has 0 unspecified atom stereocenters. The van der Waals surface area contributed by atoms with E-state index in [-0.39, 0.29) is 41.1 Å². The van der Waals surface area contributed by atoms with Crippen LogP contribution in [0.25, 0.3) is 0 Å². The van der Waals surface area contributed by atoms with Gasteiger partial charge in [0.15, 0.2) is 11.6 Å². The average Bonchev–Trinajstić information content (AvgIpc) is 1.29. The van der Waals surface area contributed by atoms with Gasteiger partial charge in [-0.15, -0.1) is 0 Å². The lowest BCUT2D eigenvalue weighted by atomic mass is 9.74. The van der Waals surface area contributed by atoms with Crippen LogP contribution in [-0.2, 0) is 6.42 Å². The maximum absolute atomic E-state index is 12.8. The van der Waals surface area contributed by atoms with Crippen LogP contribution in [0.2, 0.25) is 0 Å². The van der Waals surface area contributed by atoms with Crippen LogP contribution < -0.4 is 14.2 Å². The quantitative estimate of drug-likeness (QED) is 0.0208. The molecule has 4 aliphatic rings. The number of Topliss-reactive ketones (excluding diaryl/α,β-unsaturated/α-hetero) is 2. The number of hydrogen-bond donors (Lipinski definition) is 0. The van der Waals surface area contributed by atoms with Crippen LogP contribution in [0.4, 0.5) is 0 Å². The highest BCUT2D eigenvalue weighted by atomic mass is 16.5. The van der Waals surface area contributed by atoms with Gasteiger partial charge < -0.3 is 14.2 Å². The van der Waals surface area contributed by atoms with Gasteiger partial charge in [0, 0.05) is 47.7 Å². The lowest BCUT2D eigenvalue weighted by molar-refractivity contribution is 0.0636. The molecule has 0 fully saturated rings. The molecule has 0 N–H and O–H groups in total. The van der Waals surface area contributed by atoms with Crippen molar-refractivity contribution < 1.29 is 43.0 Å². The highest BCUT2D eigenvalue weighted by Gasteiger charge is 2.38. The second-order valence-electron chi connectivity index (χ2n) is 26.2. The molecular weight excluding hydrogens is 1140 g/mol. The van der Waals surface area contributed by atoms with Gasteiger partial charge in [-0.05, 0) is 104 Å². The summed E-state index contributed by atoms with van der Waals surface area (Å²) in [6.07, 6.45) is 35.1. The molecule has 6 aromatic rings. The Labute approximate surface area is 547 Å². The molecule has 6 aromatic carbocycles. The summed E-state index contributed by atoms with van der Waals surface area (Å²) in [5, 5.41) is 0. The van der Waals surface area contributed by atoms with E-state index in [1.807, 2.05) is 36.4 Å². The van der Waals surface area contributed by atoms with Crippen molar-refractivity contribution >= 4 is 35.2 Å². The van der Waals surface area contributed by atoms with Gasteiger partial charge in [-0.3, -0.25) is 38.6 Å². The molecule has 2 aliphatic heterocycles. The van der Waals surface area contributed by atoms with Crippen molar-refractivity contribution in [2.45, 2.75) is 211 Å². The summed E-state index contributed by atoms with van der Waals surface area (Å²) < 4.78 is 20.0. The first-order valence-electron chi connectivity index (χ1n) is 35.6. The monoisotopic (exact) mass is 1240 g/mol. The molecule has 2 heterocycles. The number of carbonyl (C=O) groups is 6. The first kappa shape index (κ1) is 67.2. The number of ketones is 2. The molecule has 0 spiro atoms. The predicted molar refractivity (Wildman–Crippen MR) is 365 cm³/mol. The molecule has 486 valence electrons. The van der Waals surface area contributed by atoms with E-state index in [0.29, 0.717) is 72.7 Å². The van der Waals surface area contributed by atoms with E-state index in [1.165, 1.54) is 134 Å². The smallest absolute Gasteiger partial charge is 0.261 e. The first-order valence-corrected chi connectivity index (χ1v) is 35.6. The normalized spacial score (nSPS) is 14.3. The lowest BCUT2D eigenvalue weighted by Crippen LogP contribution is -2.30. The maximum atomic E-state index is 12.8. The summed E-state index contributed by atoms with van der Waals surface area (Å²) in [5.74, 6) is 1.74. The van der Waals surface area contributed by atoms with Crippen molar-refractivity contribution in [1.82, 2.24) is 9.80 Å². The maximum Gasteiger partial charge on any atom is 0.261 e. The van der Waals surface area contributed by atoms with Gasteiger partial charge in [0.25, 0.3) is 23.6 Å². The molecule has 4 amide bonds. The highest BCUT2D eigenvalue weighted by molar-refractivity contribution is 6.26. The number of fused-ring (bicyclic) bond motifs is 5. The number of amides is 4. The third-order valence-electron chi connectivity index (χ3n) is 19.6. The van der Waals surface area contributed by atoms with Crippen molar-refractivity contribution in [3.63, 3.8) is 0 Å². The number of unbranched alkanes of at least 4 members (excludes halogenated alkanes) is 27. The number of nitrogens with zero attached hydrogens (tertiary/aromatic N) is 2. The molecule has 0 atom stereocenters. The molecule has 0 saturated carbocycles. The molecule has 10 rings (SSSR count). The van der Waals surface area contributed by atoms with Gasteiger partial charge in [-0.1, -0.05) is 245 Å². The second kappa shape index (κ2) is 35.4. The van der Waals surface area contributed by atoms with Gasteiger partial charge in [-0.25, -0.2) is 0 Å². The van der Waals surface area contributed by atoms with E-state index in [2.05, 4.69) is 60.7 Å². The van der Waals surface area contributed by atoms with Gasteiger partial charge in [0.05, 0.1) is 48.0 Å². The van der Waals surface area contributed by atoms with Crippen LogP contribution in [0, 0.1) is 5.92 Å². The standard InChI is InChI=1S/C81H98N2O9/c84-76-64-42-26-27-43-65(64)77(85)70(76)48-25-19-13-7-1-4-10-16-22-34-55-90-61-41-37-40-60(58-61)75-62-49-38-51-73(91-56-35-23-17-11-5-2-8-14-20-32-53-82-78(86)66-44-28-29-45-67(66)79(82)87)71(62)59-72-63(75)50-39-52-74(72)92-57-36-24-18-12-6-3-9-15-21-33-54-83-80(88)68-46-30-31-47-69(68)81(83)89/h26-31,37-47,49-52,58,70,75H,1-25,32-36,48,53-57,59H2. The van der Waals surface area contributed by atoms with Crippen molar-refractivity contribution in [3.8, 4) is 17.2 Å². The molecule has 11 heteroatoms. The van der Waals surface area contributed by atoms with Crippen molar-refractivity contribution in [1.29, 1.82) is 0 Å². The number of ether oxygens (including phenoxy) is 3. The number of hydrogen-bond acceptors (Lipinski definition) is 9. The van der Waals surface area contributed by atoms with Crippen LogP contribution in [0.15, 0.2) is 133 Å². The Balaban J connectivity index is 0.641. The fraction of sp³-hybridized carbons (Fsp3) is 0.481. The average molecular weight is 1240 g/mol. The van der Waals surface area contributed by atoms with Crippen LogP contribution in [0.1, 0.15) is 295 Å². The SMILES string of the molecule is O=C1c2ccccc2C(=O)C1CCCCCCCCCCCCOc1cccc(C2c3cccc(OCCCCCCCCCCCCN4C(=O)c5ccccc5C4=O)c3Cc3c(OCCCCCCCCCCCCN4C(=O)c5ccccc5C4=O)cccc32)c1. The topological polar surface area (TPSA) is 137 Å². The molecule has 11 nitrogen and oxygen atoms in total. The van der Waals surface area contributed by atoms with Gasteiger partial charge in [-0.2, -0.15) is 0 Å². The van der Waals surface area contributed by atoms with Crippen LogP contribution in [0.5, 0.6) is 17.2 Å². The molecule has 92 heavy (non-hydrogen) atoms. The number of rotatable bonds is 43. The minimum absolute atomic E-state index is 0.00404. The van der Waals surface area contributed by atoms with Crippen molar-refractivity contribution in [2.75, 3.05) is 32.9 Å². The van der Waals surface area contributed by atoms with Crippen LogP contribution >= 0.6 is 0 Å². The van der Waals surface area contributed by atoms with Crippen molar-refractivity contribution in [3.05, 3.63) is 195 Å². The Kier molecular flexibility index (Phi) is 25.9. The van der Waals surface area contributed by atoms with Gasteiger partial charge in [0.2, 0.25) is 0 Å². The van der Waals surface area contributed by atoms with E-state index in [0.717, 1.165) is 120 Å². The zero-order valence-electron chi connectivity index (χ0n) is 54.6. The first-order chi connectivity index (χ1) is 45.3. The fourth-order valence-corrected chi connectivity index (χ4v) is 14.4. The Morgan fingerprint density at radius 2 is 0.641 bits per heavy atom. The lowest BCUT2D eigenvalue weighted by Gasteiger charge is -2.31. The van der Waals surface area contributed by atoms with E-state index in [4.69, 9.17) is 14.2 Å². The summed E-state index contributed by atoms with van der Waals surface area (Å²) in [6, 6.07) is 43.4. The van der Waals surface area contributed by atoms with Crippen LogP contribution in [0.3, 0.4) is 0 Å². The third kappa shape index (κ3) is 17.7. The second-order valence-corrected chi connectivity index (χ2v) is 26.2. The molecule has 0 aromatic heterocycles. The van der Waals surface area contributed by atoms with E-state index >= 15 is 0 Å².